The quantitative estimate of drug-likeness (QED) is 0.368. The molecule has 0 radical (unpaired) electrons. The summed E-state index contributed by atoms with van der Waals surface area (Å²) < 4.78 is 27.1. The molecule has 0 amide bonds. The fourth-order valence-electron chi connectivity index (χ4n) is 0.519. The first kappa shape index (κ1) is 37.8. The van der Waals surface area contributed by atoms with E-state index >= 15 is 0 Å². The normalized spacial score (nSPS) is 9.17. The van der Waals surface area contributed by atoms with Gasteiger partial charge in [0.2, 0.25) is 0 Å². The molecule has 0 fully saturated rings. The largest absolute Gasteiger partial charge is 0.508 e. The van der Waals surface area contributed by atoms with Crippen LogP contribution >= 0.6 is 0 Å². The molecule has 0 heterocycles. The fourth-order valence-corrected chi connectivity index (χ4v) is 0.519. The van der Waals surface area contributed by atoms with Gasteiger partial charge in [-0.3, -0.25) is 9.59 Å². The highest BCUT2D eigenvalue weighted by Crippen LogP contribution is 2.07. The van der Waals surface area contributed by atoms with Crippen LogP contribution in [0.1, 0.15) is 68.7 Å². The average Bonchev–Trinajstić information content (AvgIpc) is 2.68. The molecule has 0 aromatic rings. The minimum atomic E-state index is -0.637. The highest BCUT2D eigenvalue weighted by molar-refractivity contribution is 5.68. The number of carbonyl (C=O) groups excluding carboxylic acids is 3. The molecular weight excluding hydrogens is 384 g/mol. The van der Waals surface area contributed by atoms with E-state index in [4.69, 9.17) is 14.2 Å². The lowest BCUT2D eigenvalue weighted by Gasteiger charge is -2.19. The predicted octanol–water partition coefficient (Wildman–Crippen LogP) is 4.36. The molecule has 178 valence electrons. The molecule has 0 aliphatic heterocycles. The molecule has 0 aliphatic carbocycles. The van der Waals surface area contributed by atoms with Gasteiger partial charge in [0.1, 0.15) is 5.60 Å². The van der Waals surface area contributed by atoms with Crippen LogP contribution < -0.4 is 0 Å². The molecule has 0 aliphatic rings. The monoisotopic (exact) mass is 428 g/mol. The first-order valence-corrected chi connectivity index (χ1v) is 9.14. The summed E-state index contributed by atoms with van der Waals surface area (Å²) in [5.74, 6) is -0.819. The van der Waals surface area contributed by atoms with Crippen molar-refractivity contribution < 1.29 is 42.8 Å². The van der Waals surface area contributed by atoms with E-state index in [0.29, 0.717) is 6.42 Å². The molecule has 9 heteroatoms. The van der Waals surface area contributed by atoms with Crippen molar-refractivity contribution in [2.75, 3.05) is 35.5 Å². The summed E-state index contributed by atoms with van der Waals surface area (Å²) in [6.07, 6.45) is -0.168. The van der Waals surface area contributed by atoms with Crippen molar-refractivity contribution in [2.45, 2.75) is 80.1 Å². The third kappa shape index (κ3) is 51.8. The molecule has 0 N–H and O–H groups in total. The van der Waals surface area contributed by atoms with E-state index in [1.54, 1.807) is 41.9 Å². The molecular formula is C20H44O9. The van der Waals surface area contributed by atoms with Gasteiger partial charge in [0.15, 0.2) is 5.79 Å². The number of carbonyl (C=O) groups is 3. The van der Waals surface area contributed by atoms with E-state index in [2.05, 4.69) is 14.2 Å². The highest BCUT2D eigenvalue weighted by Gasteiger charge is 2.15. The summed E-state index contributed by atoms with van der Waals surface area (Å²) in [6, 6.07) is 0. The maximum absolute atomic E-state index is 10.4. The van der Waals surface area contributed by atoms with Gasteiger partial charge in [-0.15, -0.1) is 0 Å². The number of ether oxygens (including phenoxy) is 6. The Kier molecular flexibility index (Phi) is 31.5. The lowest BCUT2D eigenvalue weighted by molar-refractivity contribution is -0.178. The molecule has 0 bridgehead atoms. The third-order valence-corrected chi connectivity index (χ3v) is 2.34. The van der Waals surface area contributed by atoms with E-state index in [1.165, 1.54) is 28.3 Å². The van der Waals surface area contributed by atoms with Gasteiger partial charge in [-0.2, -0.15) is 0 Å². The summed E-state index contributed by atoms with van der Waals surface area (Å²) >= 11 is 0. The number of rotatable bonds is 3. The van der Waals surface area contributed by atoms with E-state index in [1.807, 2.05) is 27.7 Å². The zero-order valence-electron chi connectivity index (χ0n) is 20.9. The minimum Gasteiger partial charge on any atom is -0.469 e. The Labute approximate surface area is 177 Å². The van der Waals surface area contributed by atoms with Gasteiger partial charge in [0.25, 0.3) is 0 Å². The topological polar surface area (TPSA) is 107 Å². The van der Waals surface area contributed by atoms with Crippen LogP contribution in [0.5, 0.6) is 0 Å². The van der Waals surface area contributed by atoms with Gasteiger partial charge in [-0.05, 0) is 34.6 Å². The van der Waals surface area contributed by atoms with Crippen molar-refractivity contribution in [3.8, 4) is 0 Å². The average molecular weight is 429 g/mol. The van der Waals surface area contributed by atoms with Crippen molar-refractivity contribution in [3.63, 3.8) is 0 Å². The van der Waals surface area contributed by atoms with Gasteiger partial charge < -0.3 is 28.4 Å². The van der Waals surface area contributed by atoms with Crippen LogP contribution in [0.3, 0.4) is 0 Å². The van der Waals surface area contributed by atoms with Gasteiger partial charge in [-0.1, -0.05) is 20.8 Å². The smallest absolute Gasteiger partial charge is 0.469 e. The van der Waals surface area contributed by atoms with Crippen molar-refractivity contribution in [2.24, 2.45) is 0 Å². The Morgan fingerprint density at radius 3 is 1.10 bits per heavy atom. The first-order chi connectivity index (χ1) is 13.2. The summed E-state index contributed by atoms with van der Waals surface area (Å²) in [7, 11) is 7.25. The Hall–Kier alpha value is -1.87. The van der Waals surface area contributed by atoms with Crippen LogP contribution in [0.2, 0.25) is 0 Å². The maximum atomic E-state index is 10.4. The minimum absolute atomic E-state index is 0.157. The van der Waals surface area contributed by atoms with E-state index < -0.39 is 17.5 Å². The molecule has 9 nitrogen and oxygen atoms in total. The molecule has 0 saturated carbocycles. The van der Waals surface area contributed by atoms with Crippen molar-refractivity contribution >= 4 is 18.1 Å². The Balaban J connectivity index is -0.0000000875. The SMILES string of the molecule is CC.CCC(=O)OC.COC(=O)OC(C)(C)C.COC(C)(C)OC.COC(C)=O. The summed E-state index contributed by atoms with van der Waals surface area (Å²) in [5.41, 5.74) is -0.451. The standard InChI is InChI=1S/C6H12O3.C5H12O2.C4H8O2.C3H6O2.C2H6/c1-6(2,3)9-5(7)8-4;1-5(2,6-3)7-4;1-3-4(5)6-2;1-3(4)5-2;1-2/h1-4H3;1-4H3;3H2,1-2H3;1-2H3;1-2H3. The number of esters is 2. The Morgan fingerprint density at radius 2 is 1.07 bits per heavy atom. The van der Waals surface area contributed by atoms with Gasteiger partial charge in [0.05, 0.1) is 21.3 Å². The number of hydrogen-bond donors (Lipinski definition) is 0. The van der Waals surface area contributed by atoms with Gasteiger partial charge >= 0.3 is 18.1 Å². The zero-order valence-corrected chi connectivity index (χ0v) is 20.9. The molecule has 0 saturated heterocycles. The van der Waals surface area contributed by atoms with Crippen LogP contribution in [-0.2, 0) is 38.0 Å². The van der Waals surface area contributed by atoms with E-state index in [-0.39, 0.29) is 11.9 Å². The summed E-state index contributed by atoms with van der Waals surface area (Å²) in [4.78, 5) is 29.9. The van der Waals surface area contributed by atoms with Crippen LogP contribution in [0.15, 0.2) is 0 Å². The third-order valence-electron chi connectivity index (χ3n) is 2.34. The van der Waals surface area contributed by atoms with Crippen molar-refractivity contribution in [1.29, 1.82) is 0 Å². The lowest BCUT2D eigenvalue weighted by Crippen LogP contribution is -2.24. The second-order valence-electron chi connectivity index (χ2n) is 6.10. The van der Waals surface area contributed by atoms with E-state index in [9.17, 15) is 14.4 Å². The molecule has 29 heavy (non-hydrogen) atoms. The van der Waals surface area contributed by atoms with Crippen molar-refractivity contribution in [1.82, 2.24) is 0 Å². The zero-order chi connectivity index (χ0) is 24.7. The van der Waals surface area contributed by atoms with Crippen molar-refractivity contribution in [3.05, 3.63) is 0 Å². The van der Waals surface area contributed by atoms with Gasteiger partial charge in [-0.25, -0.2) is 4.79 Å². The fraction of sp³-hybridized carbons (Fsp3) is 0.850. The maximum Gasteiger partial charge on any atom is 0.508 e. The second-order valence-corrected chi connectivity index (χ2v) is 6.10. The predicted molar refractivity (Wildman–Crippen MR) is 113 cm³/mol. The van der Waals surface area contributed by atoms with Crippen LogP contribution in [0.4, 0.5) is 4.79 Å². The highest BCUT2D eigenvalue weighted by atomic mass is 16.7. The van der Waals surface area contributed by atoms with Gasteiger partial charge in [0, 0.05) is 27.6 Å². The molecule has 0 rings (SSSR count). The summed E-state index contributed by atoms with van der Waals surface area (Å²) in [5, 5.41) is 0. The van der Waals surface area contributed by atoms with Crippen LogP contribution in [0.25, 0.3) is 0 Å². The second kappa shape index (κ2) is 24.2. The van der Waals surface area contributed by atoms with E-state index in [0.717, 1.165) is 0 Å². The number of hydrogen-bond acceptors (Lipinski definition) is 9. The van der Waals surface area contributed by atoms with Crippen LogP contribution in [-0.4, -0.2) is 65.0 Å². The molecule has 0 unspecified atom stereocenters. The molecule has 0 aromatic heterocycles. The van der Waals surface area contributed by atoms with Crippen LogP contribution in [0, 0.1) is 0 Å². The lowest BCUT2D eigenvalue weighted by atomic mass is 10.2. The number of methoxy groups -OCH3 is 5. The molecule has 0 atom stereocenters. The first-order valence-electron chi connectivity index (χ1n) is 9.14. The molecule has 0 spiro atoms. The Bertz CT molecular complexity index is 374. The Morgan fingerprint density at radius 1 is 0.724 bits per heavy atom. The molecule has 0 aromatic carbocycles. The summed E-state index contributed by atoms with van der Waals surface area (Å²) in [6.45, 7) is 16.2.